The third-order valence-corrected chi connectivity index (χ3v) is 5.10. The molecular weight excluding hydrogens is 395 g/mol. The van der Waals surface area contributed by atoms with Gasteiger partial charge >= 0.3 is 0 Å². The van der Waals surface area contributed by atoms with Gasteiger partial charge in [-0.25, -0.2) is 0 Å². The lowest BCUT2D eigenvalue weighted by Gasteiger charge is -2.05. The van der Waals surface area contributed by atoms with Gasteiger partial charge < -0.3 is 14.8 Å². The van der Waals surface area contributed by atoms with Gasteiger partial charge in [-0.2, -0.15) is 4.98 Å². The van der Waals surface area contributed by atoms with Gasteiger partial charge in [0, 0.05) is 33.7 Å². The maximum absolute atomic E-state index is 6.18. The fourth-order valence-corrected chi connectivity index (χ4v) is 3.41. The van der Waals surface area contributed by atoms with Crippen LogP contribution >= 0.6 is 23.2 Å². The summed E-state index contributed by atoms with van der Waals surface area (Å²) in [7, 11) is 0. The third-order valence-electron chi connectivity index (χ3n) is 4.50. The Bertz CT molecular complexity index is 1130. The van der Waals surface area contributed by atoms with Crippen LogP contribution in [0.5, 0.6) is 0 Å². The van der Waals surface area contributed by atoms with Crippen molar-refractivity contribution in [3.05, 3.63) is 88.1 Å². The fraction of sp³-hybridized carbons (Fsp3) is 0.143. The number of rotatable bonds is 7. The Hall–Kier alpha value is -2.76. The van der Waals surface area contributed by atoms with Crippen LogP contribution in [-0.4, -0.2) is 21.7 Å². The van der Waals surface area contributed by atoms with Gasteiger partial charge in [-0.1, -0.05) is 53.1 Å². The van der Waals surface area contributed by atoms with Crippen LogP contribution in [0.3, 0.4) is 0 Å². The molecule has 7 heteroatoms. The molecule has 2 heterocycles. The number of hydrogen-bond acceptors (Lipinski definition) is 4. The third kappa shape index (κ3) is 4.06. The molecule has 142 valence electrons. The van der Waals surface area contributed by atoms with Crippen molar-refractivity contribution in [2.75, 3.05) is 6.54 Å². The monoisotopic (exact) mass is 412 g/mol. The summed E-state index contributed by atoms with van der Waals surface area (Å²) in [6, 6.07) is 13.4. The molecule has 2 aromatic heterocycles. The van der Waals surface area contributed by atoms with E-state index in [-0.39, 0.29) is 0 Å². The quantitative estimate of drug-likeness (QED) is 0.434. The van der Waals surface area contributed by atoms with Crippen LogP contribution < -0.4 is 5.32 Å². The van der Waals surface area contributed by atoms with Crippen molar-refractivity contribution in [2.24, 2.45) is 0 Å². The van der Waals surface area contributed by atoms with E-state index in [0.29, 0.717) is 35.4 Å². The first kappa shape index (κ1) is 18.6. The molecule has 28 heavy (non-hydrogen) atoms. The molecule has 0 radical (unpaired) electrons. The minimum absolute atomic E-state index is 0.448. The zero-order chi connectivity index (χ0) is 19.5. The second-order valence-electron chi connectivity index (χ2n) is 6.44. The van der Waals surface area contributed by atoms with Gasteiger partial charge in [0.25, 0.3) is 0 Å². The van der Waals surface area contributed by atoms with Crippen LogP contribution in [-0.2, 0) is 12.8 Å². The van der Waals surface area contributed by atoms with Gasteiger partial charge in [-0.3, -0.25) is 0 Å². The number of nitrogens with zero attached hydrogens (tertiary/aromatic N) is 2. The summed E-state index contributed by atoms with van der Waals surface area (Å²) in [5, 5.41) is 9.79. The predicted molar refractivity (Wildman–Crippen MR) is 113 cm³/mol. The molecule has 0 atom stereocenters. The maximum atomic E-state index is 6.18. The first-order chi connectivity index (χ1) is 13.6. The van der Waals surface area contributed by atoms with Crippen molar-refractivity contribution in [1.29, 1.82) is 0 Å². The van der Waals surface area contributed by atoms with Crippen LogP contribution in [0, 0.1) is 0 Å². The predicted octanol–water partition coefficient (Wildman–Crippen LogP) is 5.25. The lowest BCUT2D eigenvalue weighted by molar-refractivity contribution is 0.382. The molecule has 0 bridgehead atoms. The lowest BCUT2D eigenvalue weighted by atomic mass is 10.1. The number of nitrogens with one attached hydrogen (secondary N) is 2. The number of aromatic nitrogens is 3. The molecule has 0 spiro atoms. The van der Waals surface area contributed by atoms with Gasteiger partial charge in [-0.05, 0) is 41.8 Å². The van der Waals surface area contributed by atoms with E-state index in [1.807, 2.05) is 48.7 Å². The van der Waals surface area contributed by atoms with Gasteiger partial charge in [0.2, 0.25) is 11.7 Å². The highest BCUT2D eigenvalue weighted by molar-refractivity contribution is 6.31. The number of fused-ring (bicyclic) bond motifs is 1. The number of halogens is 2. The highest BCUT2D eigenvalue weighted by Crippen LogP contribution is 2.23. The molecule has 5 nitrogen and oxygen atoms in total. The fourth-order valence-electron chi connectivity index (χ4n) is 3.04. The molecular formula is C21H18Cl2N4O. The van der Waals surface area contributed by atoms with Crippen molar-refractivity contribution < 1.29 is 4.52 Å². The van der Waals surface area contributed by atoms with Crippen LogP contribution in [0.4, 0.5) is 0 Å². The number of hydrogen-bond donors (Lipinski definition) is 2. The van der Waals surface area contributed by atoms with Crippen molar-refractivity contribution >= 4 is 39.8 Å². The summed E-state index contributed by atoms with van der Waals surface area (Å²) in [6.45, 7) is 4.69. The smallest absolute Gasteiger partial charge is 0.231 e. The Labute approximate surface area is 172 Å². The Morgan fingerprint density at radius 1 is 1.14 bits per heavy atom. The van der Waals surface area contributed by atoms with E-state index in [4.69, 9.17) is 27.7 Å². The number of H-pyrrole nitrogens is 1. The van der Waals surface area contributed by atoms with Crippen molar-refractivity contribution in [2.45, 2.75) is 12.8 Å². The highest BCUT2D eigenvalue weighted by Gasteiger charge is 2.12. The zero-order valence-electron chi connectivity index (χ0n) is 15.0. The largest absolute Gasteiger partial charge is 0.382 e. The Morgan fingerprint density at radius 3 is 2.86 bits per heavy atom. The molecule has 0 aliphatic heterocycles. The SMILES string of the molecule is C=C(NCCc1c[nH]c2ccc(Cl)cc12)c1noc(Cc2ccccc2Cl)n1. The second kappa shape index (κ2) is 8.09. The van der Waals surface area contributed by atoms with E-state index >= 15 is 0 Å². The van der Waals surface area contributed by atoms with E-state index in [1.165, 1.54) is 5.56 Å². The Kier molecular flexibility index (Phi) is 5.37. The van der Waals surface area contributed by atoms with Crippen LogP contribution in [0.1, 0.15) is 22.8 Å². The van der Waals surface area contributed by atoms with Crippen LogP contribution in [0.2, 0.25) is 10.0 Å². The molecule has 0 unspecified atom stereocenters. The molecule has 0 fully saturated rings. The zero-order valence-corrected chi connectivity index (χ0v) is 16.5. The number of benzene rings is 2. The molecule has 4 rings (SSSR count). The average Bonchev–Trinajstić information content (AvgIpc) is 3.31. The topological polar surface area (TPSA) is 66.7 Å². The van der Waals surface area contributed by atoms with E-state index in [2.05, 4.69) is 27.0 Å². The summed E-state index contributed by atoms with van der Waals surface area (Å²) in [5.41, 5.74) is 3.81. The average molecular weight is 413 g/mol. The van der Waals surface area contributed by atoms with Crippen LogP contribution in [0.15, 0.2) is 59.8 Å². The second-order valence-corrected chi connectivity index (χ2v) is 7.28. The van der Waals surface area contributed by atoms with Crippen molar-refractivity contribution in [1.82, 2.24) is 20.4 Å². The molecule has 0 aliphatic rings. The summed E-state index contributed by atoms with van der Waals surface area (Å²) >= 11 is 12.3. The molecule has 2 N–H and O–H groups in total. The molecule has 0 amide bonds. The highest BCUT2D eigenvalue weighted by atomic mass is 35.5. The summed E-state index contributed by atoms with van der Waals surface area (Å²) in [4.78, 5) is 7.66. The lowest BCUT2D eigenvalue weighted by Crippen LogP contribution is -2.15. The van der Waals surface area contributed by atoms with E-state index < -0.39 is 0 Å². The summed E-state index contributed by atoms with van der Waals surface area (Å²) in [5.74, 6) is 0.946. The Morgan fingerprint density at radius 2 is 2.00 bits per heavy atom. The van der Waals surface area contributed by atoms with Crippen LogP contribution in [0.25, 0.3) is 16.6 Å². The molecule has 0 aliphatic carbocycles. The van der Waals surface area contributed by atoms with Crippen molar-refractivity contribution in [3.63, 3.8) is 0 Å². The van der Waals surface area contributed by atoms with E-state index in [9.17, 15) is 0 Å². The maximum Gasteiger partial charge on any atom is 0.231 e. The van der Waals surface area contributed by atoms with E-state index in [1.54, 1.807) is 0 Å². The summed E-state index contributed by atoms with van der Waals surface area (Å²) in [6.07, 6.45) is 3.29. The van der Waals surface area contributed by atoms with Crippen molar-refractivity contribution in [3.8, 4) is 0 Å². The minimum atomic E-state index is 0.448. The normalized spacial score (nSPS) is 11.1. The molecule has 0 saturated heterocycles. The summed E-state index contributed by atoms with van der Waals surface area (Å²) < 4.78 is 5.33. The first-order valence-electron chi connectivity index (χ1n) is 8.85. The first-order valence-corrected chi connectivity index (χ1v) is 9.60. The Balaban J connectivity index is 1.36. The van der Waals surface area contributed by atoms with Gasteiger partial charge in [0.15, 0.2) is 0 Å². The number of aromatic amines is 1. The van der Waals surface area contributed by atoms with Gasteiger partial charge in [0.1, 0.15) is 0 Å². The minimum Gasteiger partial charge on any atom is -0.382 e. The molecule has 2 aromatic carbocycles. The molecule has 0 saturated carbocycles. The van der Waals surface area contributed by atoms with Gasteiger partial charge in [-0.15, -0.1) is 0 Å². The van der Waals surface area contributed by atoms with E-state index in [0.717, 1.165) is 27.9 Å². The van der Waals surface area contributed by atoms with Gasteiger partial charge in [0.05, 0.1) is 12.1 Å². The standard InChI is InChI=1S/C21H18Cl2N4O/c1-13(21-26-20(28-27-21)10-14-4-2-3-5-18(14)23)24-9-8-15-12-25-19-7-6-16(22)11-17(15)19/h2-7,11-12,24-25H,1,8-10H2. The molecule has 4 aromatic rings.